The van der Waals surface area contributed by atoms with Gasteiger partial charge in [0.2, 0.25) is 11.8 Å². The Kier molecular flexibility index (Phi) is 4.29. The summed E-state index contributed by atoms with van der Waals surface area (Å²) < 4.78 is 5.11. The standard InChI is InChI=1S/C13H15N3O3S/c1-8(17)14-13-15-16(9(2)18)12(20-13)10-4-6-11(19-3)7-5-10/h4-7,12H,1-3H3,(H,14,15,17)/t12-/m0/s1. The fraction of sp³-hybridized carbons (Fsp3) is 0.308. The van der Waals surface area contributed by atoms with Crippen molar-refractivity contribution in [3.63, 3.8) is 0 Å². The second-order valence-corrected chi connectivity index (χ2v) is 5.26. The summed E-state index contributed by atoms with van der Waals surface area (Å²) in [7, 11) is 1.60. The van der Waals surface area contributed by atoms with Gasteiger partial charge in [0.1, 0.15) is 11.1 Å². The average Bonchev–Trinajstić information content (AvgIpc) is 2.82. The van der Waals surface area contributed by atoms with Crippen LogP contribution >= 0.6 is 11.8 Å². The average molecular weight is 293 g/mol. The Hall–Kier alpha value is -2.02. The third-order valence-electron chi connectivity index (χ3n) is 2.65. The molecule has 1 heterocycles. The minimum absolute atomic E-state index is 0.182. The maximum absolute atomic E-state index is 11.7. The van der Waals surface area contributed by atoms with Gasteiger partial charge < -0.3 is 10.1 Å². The molecule has 1 atom stereocenters. The number of rotatable bonds is 2. The van der Waals surface area contributed by atoms with E-state index in [2.05, 4.69) is 10.4 Å². The zero-order valence-electron chi connectivity index (χ0n) is 11.4. The molecular formula is C13H15N3O3S. The second kappa shape index (κ2) is 5.96. The molecule has 20 heavy (non-hydrogen) atoms. The van der Waals surface area contributed by atoms with Crippen LogP contribution in [0.3, 0.4) is 0 Å². The highest BCUT2D eigenvalue weighted by molar-refractivity contribution is 8.14. The van der Waals surface area contributed by atoms with Crippen molar-refractivity contribution in [2.75, 3.05) is 7.11 Å². The van der Waals surface area contributed by atoms with Gasteiger partial charge in [-0.05, 0) is 17.7 Å². The number of amides is 2. The van der Waals surface area contributed by atoms with E-state index >= 15 is 0 Å². The van der Waals surface area contributed by atoms with E-state index in [0.29, 0.717) is 5.17 Å². The number of hydrazone groups is 1. The molecule has 6 nitrogen and oxygen atoms in total. The number of hydrogen-bond donors (Lipinski definition) is 1. The molecule has 0 bridgehead atoms. The number of benzene rings is 1. The van der Waals surface area contributed by atoms with Crippen molar-refractivity contribution in [3.05, 3.63) is 29.8 Å². The van der Waals surface area contributed by atoms with Crippen LogP contribution in [-0.4, -0.2) is 29.1 Å². The van der Waals surface area contributed by atoms with Gasteiger partial charge in [0.15, 0.2) is 5.17 Å². The summed E-state index contributed by atoms with van der Waals surface area (Å²) in [6, 6.07) is 7.40. The molecule has 0 saturated heterocycles. The van der Waals surface area contributed by atoms with Crippen molar-refractivity contribution < 1.29 is 14.3 Å². The SMILES string of the molecule is COc1ccc([C@@H]2SC(NC(C)=O)=NN2C(C)=O)cc1. The van der Waals surface area contributed by atoms with Gasteiger partial charge in [-0.15, -0.1) is 5.10 Å². The highest BCUT2D eigenvalue weighted by Gasteiger charge is 2.32. The van der Waals surface area contributed by atoms with Gasteiger partial charge in [-0.1, -0.05) is 23.9 Å². The minimum atomic E-state index is -0.278. The minimum Gasteiger partial charge on any atom is -0.497 e. The van der Waals surface area contributed by atoms with E-state index in [0.717, 1.165) is 11.3 Å². The highest BCUT2D eigenvalue weighted by atomic mass is 32.2. The first kappa shape index (κ1) is 14.4. The van der Waals surface area contributed by atoms with Gasteiger partial charge in [-0.3, -0.25) is 9.59 Å². The molecule has 0 aliphatic carbocycles. The molecule has 0 radical (unpaired) electrons. The van der Waals surface area contributed by atoms with Gasteiger partial charge in [0, 0.05) is 13.8 Å². The maximum atomic E-state index is 11.7. The normalized spacial score (nSPS) is 17.6. The Morgan fingerprint density at radius 2 is 1.95 bits per heavy atom. The highest BCUT2D eigenvalue weighted by Crippen LogP contribution is 2.38. The van der Waals surface area contributed by atoms with E-state index in [1.165, 1.54) is 30.6 Å². The van der Waals surface area contributed by atoms with E-state index in [1.54, 1.807) is 7.11 Å². The van der Waals surface area contributed by atoms with Crippen LogP contribution < -0.4 is 10.1 Å². The number of carbonyl (C=O) groups excluding carboxylic acids is 2. The number of ether oxygens (including phenoxy) is 1. The molecule has 1 N–H and O–H groups in total. The van der Waals surface area contributed by atoms with Crippen molar-refractivity contribution in [2.45, 2.75) is 19.2 Å². The van der Waals surface area contributed by atoms with Crippen LogP contribution in [0.4, 0.5) is 0 Å². The molecule has 2 rings (SSSR count). The number of methoxy groups -OCH3 is 1. The third kappa shape index (κ3) is 3.11. The van der Waals surface area contributed by atoms with Crippen molar-refractivity contribution in [1.82, 2.24) is 10.3 Å². The quantitative estimate of drug-likeness (QED) is 0.901. The number of nitrogens with zero attached hydrogens (tertiary/aromatic N) is 2. The lowest BCUT2D eigenvalue weighted by Crippen LogP contribution is -2.25. The molecule has 0 unspecified atom stereocenters. The first-order chi connectivity index (χ1) is 9.51. The molecule has 1 aliphatic heterocycles. The van der Waals surface area contributed by atoms with E-state index in [1.807, 2.05) is 24.3 Å². The third-order valence-corrected chi connectivity index (χ3v) is 3.75. The number of amidine groups is 1. The molecule has 0 fully saturated rings. The zero-order valence-corrected chi connectivity index (χ0v) is 12.2. The Morgan fingerprint density at radius 1 is 1.30 bits per heavy atom. The molecule has 0 aromatic heterocycles. The second-order valence-electron chi connectivity index (χ2n) is 4.19. The van der Waals surface area contributed by atoms with Crippen molar-refractivity contribution in [2.24, 2.45) is 5.10 Å². The summed E-state index contributed by atoms with van der Waals surface area (Å²) in [5, 5.41) is 8.24. The van der Waals surface area contributed by atoms with Gasteiger partial charge >= 0.3 is 0 Å². The van der Waals surface area contributed by atoms with Crippen molar-refractivity contribution in [3.8, 4) is 5.75 Å². The van der Waals surface area contributed by atoms with Crippen LogP contribution in [0, 0.1) is 0 Å². The summed E-state index contributed by atoms with van der Waals surface area (Å²) in [4.78, 5) is 22.7. The van der Waals surface area contributed by atoms with Crippen LogP contribution in [0.2, 0.25) is 0 Å². The molecular weight excluding hydrogens is 278 g/mol. The molecule has 0 saturated carbocycles. The largest absolute Gasteiger partial charge is 0.497 e. The van der Waals surface area contributed by atoms with Crippen LogP contribution in [-0.2, 0) is 9.59 Å². The molecule has 0 spiro atoms. The van der Waals surface area contributed by atoms with E-state index in [-0.39, 0.29) is 17.2 Å². The molecule has 1 aromatic carbocycles. The molecule has 106 valence electrons. The number of carbonyl (C=O) groups is 2. The summed E-state index contributed by atoms with van der Waals surface area (Å²) in [5.74, 6) is 0.350. The summed E-state index contributed by atoms with van der Waals surface area (Å²) >= 11 is 1.32. The van der Waals surface area contributed by atoms with Gasteiger partial charge in [0.05, 0.1) is 7.11 Å². The number of thioether (sulfide) groups is 1. The molecule has 1 aliphatic rings. The Balaban J connectivity index is 2.22. The van der Waals surface area contributed by atoms with Gasteiger partial charge in [-0.25, -0.2) is 5.01 Å². The molecule has 1 aromatic rings. The van der Waals surface area contributed by atoms with Crippen LogP contribution in [0.1, 0.15) is 24.8 Å². The number of hydrogen-bond acceptors (Lipinski definition) is 5. The van der Waals surface area contributed by atoms with Crippen LogP contribution in [0.15, 0.2) is 29.4 Å². The fourth-order valence-corrected chi connectivity index (χ4v) is 2.89. The Morgan fingerprint density at radius 3 is 2.45 bits per heavy atom. The Labute approximate surface area is 121 Å². The van der Waals surface area contributed by atoms with E-state index in [4.69, 9.17) is 4.74 Å². The first-order valence-corrected chi connectivity index (χ1v) is 6.86. The fourth-order valence-electron chi connectivity index (χ4n) is 1.75. The predicted molar refractivity (Wildman–Crippen MR) is 77.1 cm³/mol. The van der Waals surface area contributed by atoms with Crippen molar-refractivity contribution >= 4 is 28.7 Å². The summed E-state index contributed by atoms with van der Waals surface area (Å²) in [6.07, 6.45) is 0. The first-order valence-electron chi connectivity index (χ1n) is 5.98. The number of nitrogens with one attached hydrogen (secondary N) is 1. The Bertz CT molecular complexity index is 556. The zero-order chi connectivity index (χ0) is 14.7. The van der Waals surface area contributed by atoms with Gasteiger partial charge in [-0.2, -0.15) is 0 Å². The van der Waals surface area contributed by atoms with Crippen LogP contribution in [0.5, 0.6) is 5.75 Å². The summed E-state index contributed by atoms with van der Waals surface area (Å²) in [6.45, 7) is 2.85. The molecule has 2 amide bonds. The van der Waals surface area contributed by atoms with Gasteiger partial charge in [0.25, 0.3) is 0 Å². The van der Waals surface area contributed by atoms with Crippen molar-refractivity contribution in [1.29, 1.82) is 0 Å². The van der Waals surface area contributed by atoms with Crippen LogP contribution in [0.25, 0.3) is 0 Å². The monoisotopic (exact) mass is 293 g/mol. The predicted octanol–water partition coefficient (Wildman–Crippen LogP) is 1.70. The summed E-state index contributed by atoms with van der Waals surface area (Å²) in [5.41, 5.74) is 0.912. The molecule has 7 heteroatoms. The maximum Gasteiger partial charge on any atom is 0.241 e. The lowest BCUT2D eigenvalue weighted by molar-refractivity contribution is -0.129. The van der Waals surface area contributed by atoms with E-state index < -0.39 is 0 Å². The van der Waals surface area contributed by atoms with E-state index in [9.17, 15) is 9.59 Å². The lowest BCUT2D eigenvalue weighted by Gasteiger charge is -2.19. The smallest absolute Gasteiger partial charge is 0.241 e. The lowest BCUT2D eigenvalue weighted by atomic mass is 10.2. The topological polar surface area (TPSA) is 71.0 Å².